The second kappa shape index (κ2) is 10.1. The number of ether oxygens (including phenoxy) is 1. The van der Waals surface area contributed by atoms with E-state index >= 15 is 0 Å². The predicted octanol–water partition coefficient (Wildman–Crippen LogP) is 2.14. The first-order valence-electron chi connectivity index (χ1n) is 9.19. The van der Waals surface area contributed by atoms with Crippen LogP contribution in [0.4, 0.5) is 33.3 Å². The van der Waals surface area contributed by atoms with Gasteiger partial charge in [0.2, 0.25) is 5.91 Å². The first-order valence-corrected chi connectivity index (χ1v) is 9.19. The zero-order valence-corrected chi connectivity index (χ0v) is 16.2. The molecule has 1 aromatic rings. The lowest BCUT2D eigenvalue weighted by atomic mass is 10.1. The maximum atomic E-state index is 13.6. The number of carbonyl (C=O) groups is 2. The molecule has 0 saturated carbocycles. The van der Waals surface area contributed by atoms with Crippen molar-refractivity contribution < 1.29 is 36.3 Å². The third-order valence-corrected chi connectivity index (χ3v) is 4.58. The van der Waals surface area contributed by atoms with Crippen molar-refractivity contribution in [1.82, 2.24) is 4.90 Å². The molecule has 0 aliphatic carbocycles. The smallest absolute Gasteiger partial charge is 0.370 e. The highest BCUT2D eigenvalue weighted by Gasteiger charge is 2.35. The number of halogens is 5. The molecule has 0 spiro atoms. The van der Waals surface area contributed by atoms with Crippen LogP contribution in [0.15, 0.2) is 18.2 Å². The van der Waals surface area contributed by atoms with Gasteiger partial charge in [-0.3, -0.25) is 14.5 Å². The topological polar surface area (TPSA) is 87.9 Å². The number of morpholine rings is 1. The van der Waals surface area contributed by atoms with Crippen LogP contribution in [0.25, 0.3) is 0 Å². The standard InChI is InChI=1S/C18H23F5N4O3/c1-2-26(10-18(21,22)23)14(8-24)17(29)25-13-4-3-11(7-12(13)16(19)20)27-5-6-30-9-15(27)28/h3-4,7,14,16H,2,5-6,8-10,24H2,1H3,(H,25,29)/t14-/m1/s1. The summed E-state index contributed by atoms with van der Waals surface area (Å²) in [5, 5.41) is 2.25. The van der Waals surface area contributed by atoms with Crippen molar-refractivity contribution in [2.24, 2.45) is 5.73 Å². The van der Waals surface area contributed by atoms with Gasteiger partial charge in [-0.15, -0.1) is 0 Å². The Morgan fingerprint density at radius 1 is 1.37 bits per heavy atom. The van der Waals surface area contributed by atoms with Crippen LogP contribution in [0, 0.1) is 0 Å². The molecule has 0 bridgehead atoms. The minimum Gasteiger partial charge on any atom is -0.370 e. The maximum absolute atomic E-state index is 13.6. The molecule has 12 heteroatoms. The maximum Gasteiger partial charge on any atom is 0.401 e. The Morgan fingerprint density at radius 2 is 2.07 bits per heavy atom. The van der Waals surface area contributed by atoms with Gasteiger partial charge >= 0.3 is 6.18 Å². The van der Waals surface area contributed by atoms with Crippen molar-refractivity contribution in [3.05, 3.63) is 23.8 Å². The van der Waals surface area contributed by atoms with E-state index in [2.05, 4.69) is 5.32 Å². The number of hydrogen-bond donors (Lipinski definition) is 2. The first kappa shape index (κ1) is 24.0. The molecule has 2 amide bonds. The van der Waals surface area contributed by atoms with E-state index in [1.54, 1.807) is 0 Å². The Morgan fingerprint density at radius 3 is 2.60 bits per heavy atom. The van der Waals surface area contributed by atoms with Crippen molar-refractivity contribution in [3.8, 4) is 0 Å². The highest BCUT2D eigenvalue weighted by molar-refractivity contribution is 5.97. The highest BCUT2D eigenvalue weighted by Crippen LogP contribution is 2.32. The van der Waals surface area contributed by atoms with E-state index in [9.17, 15) is 31.5 Å². The normalized spacial score (nSPS) is 16.3. The number of rotatable bonds is 8. The van der Waals surface area contributed by atoms with Crippen LogP contribution in [0.5, 0.6) is 0 Å². The number of carbonyl (C=O) groups excluding carboxylic acids is 2. The molecule has 168 valence electrons. The van der Waals surface area contributed by atoms with E-state index < -0.39 is 49.1 Å². The van der Waals surface area contributed by atoms with Gasteiger partial charge in [0.15, 0.2) is 0 Å². The summed E-state index contributed by atoms with van der Waals surface area (Å²) in [4.78, 5) is 26.5. The number of alkyl halides is 5. The fraction of sp³-hybridized carbons (Fsp3) is 0.556. The lowest BCUT2D eigenvalue weighted by molar-refractivity contribution is -0.153. The number of amides is 2. The van der Waals surface area contributed by atoms with Gasteiger partial charge in [-0.05, 0) is 24.7 Å². The monoisotopic (exact) mass is 438 g/mol. The van der Waals surface area contributed by atoms with Crippen LogP contribution in [0.3, 0.4) is 0 Å². The SMILES string of the molecule is CCN(CC(F)(F)F)[C@H](CN)C(=O)Nc1ccc(N2CCOCC2=O)cc1C(F)F. The Labute approximate surface area is 169 Å². The number of nitrogens with two attached hydrogens (primary N) is 1. The second-order valence-electron chi connectivity index (χ2n) is 6.59. The second-order valence-corrected chi connectivity index (χ2v) is 6.59. The van der Waals surface area contributed by atoms with Gasteiger partial charge in [0.1, 0.15) is 12.6 Å². The highest BCUT2D eigenvalue weighted by atomic mass is 19.4. The minimum absolute atomic E-state index is 0.116. The van der Waals surface area contributed by atoms with E-state index in [0.29, 0.717) is 0 Å². The molecule has 1 saturated heterocycles. The molecule has 0 aromatic heterocycles. The molecule has 1 fully saturated rings. The van der Waals surface area contributed by atoms with Gasteiger partial charge in [0.05, 0.1) is 13.2 Å². The number of likely N-dealkylation sites (N-methyl/N-ethyl adjacent to an activating group) is 1. The van der Waals surface area contributed by atoms with E-state index in [0.717, 1.165) is 11.0 Å². The molecule has 2 rings (SSSR count). The molecule has 1 aliphatic heterocycles. The number of hydrogen-bond acceptors (Lipinski definition) is 5. The van der Waals surface area contributed by atoms with Crippen molar-refractivity contribution in [2.75, 3.05) is 49.6 Å². The summed E-state index contributed by atoms with van der Waals surface area (Å²) >= 11 is 0. The molecule has 0 unspecified atom stereocenters. The Bertz CT molecular complexity index is 760. The summed E-state index contributed by atoms with van der Waals surface area (Å²) in [5.41, 5.74) is 4.87. The summed E-state index contributed by atoms with van der Waals surface area (Å²) < 4.78 is 70.4. The summed E-state index contributed by atoms with van der Waals surface area (Å²) in [6.45, 7) is -0.218. The lowest BCUT2D eigenvalue weighted by Crippen LogP contribution is -2.51. The van der Waals surface area contributed by atoms with Crippen molar-refractivity contribution >= 4 is 23.2 Å². The van der Waals surface area contributed by atoms with Gasteiger partial charge < -0.3 is 20.7 Å². The first-order chi connectivity index (χ1) is 14.1. The van der Waals surface area contributed by atoms with Gasteiger partial charge in [-0.25, -0.2) is 8.78 Å². The van der Waals surface area contributed by atoms with Crippen LogP contribution in [0.2, 0.25) is 0 Å². The number of nitrogens with zero attached hydrogens (tertiary/aromatic N) is 2. The fourth-order valence-corrected chi connectivity index (χ4v) is 3.11. The van der Waals surface area contributed by atoms with E-state index in [1.165, 1.54) is 24.0 Å². The van der Waals surface area contributed by atoms with Crippen LogP contribution < -0.4 is 16.0 Å². The average Bonchev–Trinajstić information content (AvgIpc) is 2.67. The molecule has 1 aromatic carbocycles. The summed E-state index contributed by atoms with van der Waals surface area (Å²) in [5.74, 6) is -1.33. The third-order valence-electron chi connectivity index (χ3n) is 4.58. The quantitative estimate of drug-likeness (QED) is 0.608. The summed E-state index contributed by atoms with van der Waals surface area (Å²) in [6, 6.07) is 2.26. The molecular weight excluding hydrogens is 415 g/mol. The largest absolute Gasteiger partial charge is 0.401 e. The van der Waals surface area contributed by atoms with Gasteiger partial charge in [0, 0.05) is 30.0 Å². The van der Waals surface area contributed by atoms with Crippen LogP contribution >= 0.6 is 0 Å². The summed E-state index contributed by atoms with van der Waals surface area (Å²) in [7, 11) is 0. The van der Waals surface area contributed by atoms with E-state index in [1.807, 2.05) is 0 Å². The van der Waals surface area contributed by atoms with Gasteiger partial charge in [0.25, 0.3) is 12.3 Å². The molecule has 0 radical (unpaired) electrons. The van der Waals surface area contributed by atoms with Crippen LogP contribution in [-0.4, -0.2) is 68.3 Å². The van der Waals surface area contributed by atoms with Crippen molar-refractivity contribution in [1.29, 1.82) is 0 Å². The molecular formula is C18H23F5N4O3. The number of nitrogens with one attached hydrogen (secondary N) is 1. The van der Waals surface area contributed by atoms with Gasteiger partial charge in [-0.2, -0.15) is 13.2 Å². The Balaban J connectivity index is 2.25. The molecule has 7 nitrogen and oxygen atoms in total. The van der Waals surface area contributed by atoms with E-state index in [4.69, 9.17) is 10.5 Å². The lowest BCUT2D eigenvalue weighted by Gasteiger charge is -2.30. The van der Waals surface area contributed by atoms with E-state index in [-0.39, 0.29) is 37.7 Å². The molecule has 1 heterocycles. The zero-order valence-electron chi connectivity index (χ0n) is 16.2. The minimum atomic E-state index is -4.55. The molecule has 30 heavy (non-hydrogen) atoms. The third kappa shape index (κ3) is 6.09. The Hall–Kier alpha value is -2.31. The molecule has 1 atom stereocenters. The fourth-order valence-electron chi connectivity index (χ4n) is 3.11. The van der Waals surface area contributed by atoms with Crippen LogP contribution in [0.1, 0.15) is 18.9 Å². The average molecular weight is 438 g/mol. The summed E-state index contributed by atoms with van der Waals surface area (Å²) in [6.07, 6.45) is -7.55. The van der Waals surface area contributed by atoms with Crippen LogP contribution in [-0.2, 0) is 14.3 Å². The number of anilines is 2. The molecule has 1 aliphatic rings. The molecule has 3 N–H and O–H groups in total. The zero-order chi connectivity index (χ0) is 22.5. The number of benzene rings is 1. The van der Waals surface area contributed by atoms with Gasteiger partial charge in [-0.1, -0.05) is 6.92 Å². The predicted molar refractivity (Wildman–Crippen MR) is 99.3 cm³/mol. The van der Waals surface area contributed by atoms with Crippen molar-refractivity contribution in [2.45, 2.75) is 25.6 Å². The Kier molecular flexibility index (Phi) is 8.10. The van der Waals surface area contributed by atoms with Crippen molar-refractivity contribution in [3.63, 3.8) is 0 Å².